The first-order valence-electron chi connectivity index (χ1n) is 12.2. The Balaban J connectivity index is 1.61. The van der Waals surface area contributed by atoms with E-state index in [1.54, 1.807) is 4.57 Å². The van der Waals surface area contributed by atoms with Gasteiger partial charge in [-0.2, -0.15) is 0 Å². The summed E-state index contributed by atoms with van der Waals surface area (Å²) in [6.07, 6.45) is 6.44. The average Bonchev–Trinajstić information content (AvgIpc) is 2.85. The minimum Gasteiger partial charge on any atom is -0.293 e. The zero-order chi connectivity index (χ0) is 24.6. The SMILES string of the molecule is C=C(C)Cn1c(SCC(=O)c2ccc(Br)cc2)nc2c(c1=O)C1(CCCCC1)Cc1ccccc1-2. The number of hydrogen-bond acceptors (Lipinski definition) is 4. The van der Waals surface area contributed by atoms with E-state index >= 15 is 0 Å². The quantitative estimate of drug-likeness (QED) is 0.144. The highest BCUT2D eigenvalue weighted by Gasteiger charge is 2.43. The number of carbonyl (C=O) groups excluding carboxylic acids is 1. The van der Waals surface area contributed by atoms with Gasteiger partial charge < -0.3 is 0 Å². The number of benzene rings is 2. The van der Waals surface area contributed by atoms with Crippen molar-refractivity contribution in [1.82, 2.24) is 9.55 Å². The summed E-state index contributed by atoms with van der Waals surface area (Å²) in [5.41, 5.74) is 5.44. The van der Waals surface area contributed by atoms with Crippen molar-refractivity contribution in [2.24, 2.45) is 0 Å². The number of allylic oxidation sites excluding steroid dienone is 1. The number of rotatable bonds is 6. The molecule has 1 fully saturated rings. The predicted octanol–water partition coefficient (Wildman–Crippen LogP) is 6.98. The lowest BCUT2D eigenvalue weighted by atomic mass is 9.62. The van der Waals surface area contributed by atoms with Crippen LogP contribution in [0.2, 0.25) is 0 Å². The number of carbonyl (C=O) groups is 1. The molecular formula is C29H29BrN2O2S. The Labute approximate surface area is 219 Å². The summed E-state index contributed by atoms with van der Waals surface area (Å²) >= 11 is 4.76. The highest BCUT2D eigenvalue weighted by Crippen LogP contribution is 2.48. The molecule has 5 rings (SSSR count). The zero-order valence-electron chi connectivity index (χ0n) is 20.0. The van der Waals surface area contributed by atoms with Gasteiger partial charge in [-0.3, -0.25) is 14.2 Å². The number of Topliss-reactive ketones (excluding diaryl/α,β-unsaturated/α-hetero) is 1. The summed E-state index contributed by atoms with van der Waals surface area (Å²) in [6.45, 7) is 6.41. The van der Waals surface area contributed by atoms with Crippen LogP contribution < -0.4 is 5.56 Å². The van der Waals surface area contributed by atoms with E-state index in [0.29, 0.717) is 17.3 Å². The van der Waals surface area contributed by atoms with Gasteiger partial charge in [0.25, 0.3) is 5.56 Å². The highest BCUT2D eigenvalue weighted by molar-refractivity contribution is 9.10. The van der Waals surface area contributed by atoms with E-state index < -0.39 is 0 Å². The molecule has 0 bridgehead atoms. The van der Waals surface area contributed by atoms with Gasteiger partial charge in [-0.1, -0.05) is 95.5 Å². The molecule has 1 saturated carbocycles. The molecule has 2 aliphatic carbocycles. The number of aromatic nitrogens is 2. The van der Waals surface area contributed by atoms with Crippen LogP contribution in [-0.4, -0.2) is 21.1 Å². The maximum absolute atomic E-state index is 14.2. The fourth-order valence-electron chi connectivity index (χ4n) is 5.59. The Morgan fingerprint density at radius 3 is 2.54 bits per heavy atom. The molecule has 0 amide bonds. The molecule has 6 heteroatoms. The summed E-state index contributed by atoms with van der Waals surface area (Å²) in [4.78, 5) is 32.2. The molecule has 4 nitrogen and oxygen atoms in total. The molecule has 1 heterocycles. The topological polar surface area (TPSA) is 52.0 Å². The number of fused-ring (bicyclic) bond motifs is 4. The van der Waals surface area contributed by atoms with Crippen molar-refractivity contribution in [2.45, 2.75) is 62.6 Å². The molecule has 180 valence electrons. The third kappa shape index (κ3) is 4.70. The second-order valence-corrected chi connectivity index (χ2v) is 11.7. The van der Waals surface area contributed by atoms with Crippen LogP contribution in [0.3, 0.4) is 0 Å². The van der Waals surface area contributed by atoms with Gasteiger partial charge in [0.1, 0.15) is 0 Å². The fraction of sp³-hybridized carbons (Fsp3) is 0.345. The molecule has 3 aromatic rings. The summed E-state index contributed by atoms with van der Waals surface area (Å²) in [5, 5.41) is 0.588. The van der Waals surface area contributed by atoms with E-state index in [2.05, 4.69) is 40.7 Å². The monoisotopic (exact) mass is 548 g/mol. The summed E-state index contributed by atoms with van der Waals surface area (Å²) in [7, 11) is 0. The second kappa shape index (κ2) is 9.90. The Morgan fingerprint density at radius 1 is 1.11 bits per heavy atom. The van der Waals surface area contributed by atoms with Crippen molar-refractivity contribution < 1.29 is 4.79 Å². The number of thioether (sulfide) groups is 1. The van der Waals surface area contributed by atoms with Gasteiger partial charge in [-0.15, -0.1) is 0 Å². The molecule has 0 aliphatic heterocycles. The van der Waals surface area contributed by atoms with Crippen LogP contribution in [0.5, 0.6) is 0 Å². The van der Waals surface area contributed by atoms with Crippen LogP contribution in [0, 0.1) is 0 Å². The standard InChI is InChI=1S/C29H29BrN2O2S/c1-19(2)17-32-27(34)25-26(31-28(32)35-18-24(33)20-10-12-22(30)13-11-20)23-9-5-4-8-21(23)16-29(25)14-6-3-7-15-29/h4-5,8-13H,1,3,6-7,14-18H2,2H3. The summed E-state index contributed by atoms with van der Waals surface area (Å²) < 4.78 is 2.69. The molecule has 0 atom stereocenters. The molecule has 0 unspecified atom stereocenters. The molecule has 1 spiro atoms. The minimum atomic E-state index is -0.153. The molecule has 0 radical (unpaired) electrons. The Bertz CT molecular complexity index is 1350. The van der Waals surface area contributed by atoms with Crippen molar-refractivity contribution in [1.29, 1.82) is 0 Å². The van der Waals surface area contributed by atoms with Crippen molar-refractivity contribution in [2.75, 3.05) is 5.75 Å². The molecule has 0 saturated heterocycles. The number of nitrogens with zero attached hydrogens (tertiary/aromatic N) is 2. The van der Waals surface area contributed by atoms with Crippen molar-refractivity contribution in [3.05, 3.63) is 92.2 Å². The van der Waals surface area contributed by atoms with E-state index in [-0.39, 0.29) is 22.5 Å². The lowest BCUT2D eigenvalue weighted by molar-refractivity contribution is 0.102. The van der Waals surface area contributed by atoms with Crippen molar-refractivity contribution in [3.8, 4) is 11.3 Å². The normalized spacial score (nSPS) is 15.9. The molecule has 2 aromatic carbocycles. The third-order valence-electron chi connectivity index (χ3n) is 7.20. The van der Waals surface area contributed by atoms with Gasteiger partial charge in [0.15, 0.2) is 10.9 Å². The van der Waals surface area contributed by atoms with E-state index in [9.17, 15) is 9.59 Å². The minimum absolute atomic E-state index is 0.0143. The Kier molecular flexibility index (Phi) is 6.86. The lowest BCUT2D eigenvalue weighted by Gasteiger charge is -2.42. The van der Waals surface area contributed by atoms with Crippen molar-refractivity contribution in [3.63, 3.8) is 0 Å². The maximum atomic E-state index is 14.2. The molecule has 2 aliphatic rings. The Morgan fingerprint density at radius 2 is 1.83 bits per heavy atom. The lowest BCUT2D eigenvalue weighted by Crippen LogP contribution is -2.43. The van der Waals surface area contributed by atoms with E-state index in [4.69, 9.17) is 4.98 Å². The van der Waals surface area contributed by atoms with Gasteiger partial charge in [0.2, 0.25) is 0 Å². The van der Waals surface area contributed by atoms with Gasteiger partial charge in [0.05, 0.1) is 17.0 Å². The predicted molar refractivity (Wildman–Crippen MR) is 146 cm³/mol. The van der Waals surface area contributed by atoms with E-state index in [1.165, 1.54) is 23.7 Å². The van der Waals surface area contributed by atoms with Crippen LogP contribution in [-0.2, 0) is 18.4 Å². The average molecular weight is 550 g/mol. The maximum Gasteiger partial charge on any atom is 0.258 e. The molecular weight excluding hydrogens is 520 g/mol. The Hall–Kier alpha value is -2.44. The number of ketones is 1. The third-order valence-corrected chi connectivity index (χ3v) is 8.71. The van der Waals surface area contributed by atoms with Crippen LogP contribution in [0.25, 0.3) is 11.3 Å². The second-order valence-electron chi connectivity index (χ2n) is 9.86. The van der Waals surface area contributed by atoms with Gasteiger partial charge >= 0.3 is 0 Å². The summed E-state index contributed by atoms with van der Waals surface area (Å²) in [5.74, 6) is 0.232. The van der Waals surface area contributed by atoms with Crippen LogP contribution >= 0.6 is 27.7 Å². The van der Waals surface area contributed by atoms with Crippen LogP contribution in [0.15, 0.2) is 75.1 Å². The molecule has 35 heavy (non-hydrogen) atoms. The first kappa shape index (κ1) is 24.3. The largest absolute Gasteiger partial charge is 0.293 e. The fourth-order valence-corrected chi connectivity index (χ4v) is 6.74. The van der Waals surface area contributed by atoms with E-state index in [1.807, 2.05) is 37.3 Å². The molecule has 1 aromatic heterocycles. The molecule has 0 N–H and O–H groups in total. The number of halogens is 1. The number of hydrogen-bond donors (Lipinski definition) is 0. The highest BCUT2D eigenvalue weighted by atomic mass is 79.9. The zero-order valence-corrected chi connectivity index (χ0v) is 22.4. The van der Waals surface area contributed by atoms with Crippen LogP contribution in [0.1, 0.15) is 60.5 Å². The first-order valence-corrected chi connectivity index (χ1v) is 14.0. The van der Waals surface area contributed by atoms with Gasteiger partial charge in [0, 0.05) is 27.6 Å². The van der Waals surface area contributed by atoms with Crippen molar-refractivity contribution >= 4 is 33.5 Å². The van der Waals surface area contributed by atoms with Gasteiger partial charge in [-0.05, 0) is 43.9 Å². The first-order chi connectivity index (χ1) is 16.9. The van der Waals surface area contributed by atoms with Crippen LogP contribution in [0.4, 0.5) is 0 Å². The van der Waals surface area contributed by atoms with Gasteiger partial charge in [-0.25, -0.2) is 4.98 Å². The smallest absolute Gasteiger partial charge is 0.258 e. The summed E-state index contributed by atoms with van der Waals surface area (Å²) in [6, 6.07) is 15.7. The van der Waals surface area contributed by atoms with E-state index in [0.717, 1.165) is 59.0 Å².